The number of hydrogen-bond donors (Lipinski definition) is 3. The Hall–Kier alpha value is -1.10. The van der Waals surface area contributed by atoms with E-state index >= 15 is 0 Å². The van der Waals surface area contributed by atoms with Crippen LogP contribution >= 0.6 is 0 Å². The summed E-state index contributed by atoms with van der Waals surface area (Å²) in [5.74, 6) is 0.0363. The SMILES string of the molecule is O=C(N[C@@H](Cc1ccccc1)[C@H](O)CN([C@@H]1C[CH-]CC1)[C@H]1CC2(CCOCC2)NC1=O)O[C@H]1CCOC1.[Y]. The van der Waals surface area contributed by atoms with Gasteiger partial charge in [-0.05, 0) is 37.3 Å². The molecule has 3 saturated heterocycles. The fraction of sp³-hybridized carbons (Fsp3) is 0.679. The first kappa shape index (κ1) is 29.9. The number of amides is 2. The minimum Gasteiger partial charge on any atom is -0.444 e. The van der Waals surface area contributed by atoms with Crippen LogP contribution in [0.25, 0.3) is 0 Å². The molecule has 1 saturated carbocycles. The van der Waals surface area contributed by atoms with Gasteiger partial charge in [0.15, 0.2) is 0 Å². The molecule has 4 aliphatic rings. The quantitative estimate of drug-likeness (QED) is 0.371. The monoisotopic (exact) mass is 603 g/mol. The Kier molecular flexibility index (Phi) is 11.0. The fourth-order valence-electron chi connectivity index (χ4n) is 6.23. The van der Waals surface area contributed by atoms with Gasteiger partial charge in [-0.1, -0.05) is 36.8 Å². The first-order valence-corrected chi connectivity index (χ1v) is 13.8. The molecule has 0 aromatic heterocycles. The van der Waals surface area contributed by atoms with Gasteiger partial charge < -0.3 is 36.4 Å². The number of rotatable bonds is 9. The van der Waals surface area contributed by atoms with E-state index in [-0.39, 0.29) is 62.3 Å². The van der Waals surface area contributed by atoms with Crippen LogP contribution in [-0.2, 0) is 58.1 Å². The van der Waals surface area contributed by atoms with Crippen molar-refractivity contribution >= 4 is 12.0 Å². The Balaban J connectivity index is 0.00000336. The number of ether oxygens (including phenoxy) is 3. The standard InChI is InChI=1S/C28H40N3O6.Y/c32-25(23(16-20-6-2-1-3-7-20)29-27(34)37-22-10-13-36-19-22)18-31(21-8-4-5-9-21)24-17-28(30-26(24)33)11-14-35-15-12-28;/h1-4,6-7,21-25,32H,5,8-19H2,(H,29,34)(H,30,33);/q-1;/t21-,22+,23+,24+,25-;/m1./s1. The summed E-state index contributed by atoms with van der Waals surface area (Å²) < 4.78 is 16.4. The Morgan fingerprint density at radius 2 is 2.00 bits per heavy atom. The molecule has 2 amide bonds. The van der Waals surface area contributed by atoms with E-state index in [2.05, 4.69) is 22.0 Å². The van der Waals surface area contributed by atoms with Crippen LogP contribution in [0.5, 0.6) is 0 Å². The molecule has 1 aromatic carbocycles. The molecule has 1 spiro atoms. The van der Waals surface area contributed by atoms with Crippen molar-refractivity contribution in [2.75, 3.05) is 33.0 Å². The zero-order valence-corrected chi connectivity index (χ0v) is 24.9. The second-order valence-corrected chi connectivity index (χ2v) is 11.0. The predicted octanol–water partition coefficient (Wildman–Crippen LogP) is 1.97. The maximum absolute atomic E-state index is 13.3. The van der Waals surface area contributed by atoms with Gasteiger partial charge in [0, 0.05) is 64.4 Å². The summed E-state index contributed by atoms with van der Waals surface area (Å²) in [7, 11) is 0. The molecule has 3 heterocycles. The number of nitrogens with zero attached hydrogens (tertiary/aromatic N) is 1. The maximum Gasteiger partial charge on any atom is 0.407 e. The number of aliphatic hydroxyl groups excluding tert-OH is 1. The molecule has 4 fully saturated rings. The number of aliphatic hydroxyl groups is 1. The molecule has 5 rings (SSSR count). The van der Waals surface area contributed by atoms with Gasteiger partial charge in [0.1, 0.15) is 6.10 Å². The minimum atomic E-state index is -0.882. The van der Waals surface area contributed by atoms with Gasteiger partial charge in [-0.15, -0.1) is 0 Å². The summed E-state index contributed by atoms with van der Waals surface area (Å²) in [5, 5.41) is 17.8. The summed E-state index contributed by atoms with van der Waals surface area (Å²) in [4.78, 5) is 28.2. The molecular formula is C28H40N3O6Y-. The Morgan fingerprint density at radius 3 is 2.68 bits per heavy atom. The molecule has 5 atom stereocenters. The molecule has 38 heavy (non-hydrogen) atoms. The second kappa shape index (κ2) is 14.0. The van der Waals surface area contributed by atoms with Gasteiger partial charge in [-0.25, -0.2) is 4.79 Å². The number of alkyl carbamates (subject to hydrolysis) is 1. The molecule has 207 valence electrons. The predicted molar refractivity (Wildman–Crippen MR) is 137 cm³/mol. The van der Waals surface area contributed by atoms with E-state index in [9.17, 15) is 14.7 Å². The second-order valence-electron chi connectivity index (χ2n) is 11.0. The van der Waals surface area contributed by atoms with Gasteiger partial charge in [0.25, 0.3) is 0 Å². The van der Waals surface area contributed by atoms with Crippen molar-refractivity contribution < 1.29 is 61.6 Å². The van der Waals surface area contributed by atoms with Crippen LogP contribution in [0.1, 0.15) is 50.5 Å². The van der Waals surface area contributed by atoms with Crippen LogP contribution in [0.2, 0.25) is 0 Å². The zero-order chi connectivity index (χ0) is 25.7. The van der Waals surface area contributed by atoms with E-state index in [1.807, 2.05) is 30.3 Å². The molecule has 10 heteroatoms. The molecule has 9 nitrogen and oxygen atoms in total. The number of carbonyl (C=O) groups is 2. The summed E-state index contributed by atoms with van der Waals surface area (Å²) in [6.07, 6.45) is 6.93. The van der Waals surface area contributed by atoms with Crippen LogP contribution in [0.15, 0.2) is 30.3 Å². The van der Waals surface area contributed by atoms with E-state index in [1.165, 1.54) is 0 Å². The fourth-order valence-corrected chi connectivity index (χ4v) is 6.23. The molecule has 1 aliphatic carbocycles. The molecule has 3 N–H and O–H groups in total. The van der Waals surface area contributed by atoms with Gasteiger partial charge in [0.2, 0.25) is 5.91 Å². The van der Waals surface area contributed by atoms with Crippen molar-refractivity contribution in [2.45, 2.75) is 87.2 Å². The van der Waals surface area contributed by atoms with E-state index in [1.54, 1.807) is 0 Å². The third-order valence-corrected chi connectivity index (χ3v) is 8.36. The van der Waals surface area contributed by atoms with Crippen molar-refractivity contribution in [3.8, 4) is 0 Å². The van der Waals surface area contributed by atoms with Crippen LogP contribution in [0.4, 0.5) is 4.79 Å². The average Bonchev–Trinajstić information content (AvgIpc) is 3.66. The largest absolute Gasteiger partial charge is 0.444 e. The Bertz CT molecular complexity index is 903. The molecule has 3 aliphatic heterocycles. The van der Waals surface area contributed by atoms with Crippen LogP contribution in [0.3, 0.4) is 0 Å². The zero-order valence-electron chi connectivity index (χ0n) is 22.1. The van der Waals surface area contributed by atoms with Gasteiger partial charge >= 0.3 is 6.09 Å². The van der Waals surface area contributed by atoms with Crippen molar-refractivity contribution in [3.63, 3.8) is 0 Å². The maximum atomic E-state index is 13.3. The van der Waals surface area contributed by atoms with Crippen LogP contribution in [-0.4, -0.2) is 90.9 Å². The summed E-state index contributed by atoms with van der Waals surface area (Å²) >= 11 is 0. The topological polar surface area (TPSA) is 109 Å². The van der Waals surface area contributed by atoms with Crippen molar-refractivity contribution in [2.24, 2.45) is 0 Å². The first-order valence-electron chi connectivity index (χ1n) is 13.8. The molecule has 1 radical (unpaired) electrons. The smallest absolute Gasteiger partial charge is 0.407 e. The number of hydrogen-bond acceptors (Lipinski definition) is 7. The third-order valence-electron chi connectivity index (χ3n) is 8.36. The normalized spacial score (nSPS) is 28.1. The van der Waals surface area contributed by atoms with Crippen molar-refractivity contribution in [1.82, 2.24) is 15.5 Å². The van der Waals surface area contributed by atoms with Crippen molar-refractivity contribution in [1.29, 1.82) is 0 Å². The van der Waals surface area contributed by atoms with E-state index < -0.39 is 18.2 Å². The first-order chi connectivity index (χ1) is 18.0. The van der Waals surface area contributed by atoms with E-state index in [0.717, 1.165) is 44.1 Å². The average molecular weight is 604 g/mol. The van der Waals surface area contributed by atoms with E-state index in [0.29, 0.717) is 45.8 Å². The van der Waals surface area contributed by atoms with E-state index in [4.69, 9.17) is 14.2 Å². The molecule has 0 unspecified atom stereocenters. The van der Waals surface area contributed by atoms with Gasteiger partial charge in [0.05, 0.1) is 31.4 Å². The summed E-state index contributed by atoms with van der Waals surface area (Å²) in [5.41, 5.74) is 0.789. The Labute approximate surface area is 250 Å². The minimum absolute atomic E-state index is 0. The molecular weight excluding hydrogens is 563 g/mol. The van der Waals surface area contributed by atoms with Crippen molar-refractivity contribution in [3.05, 3.63) is 42.3 Å². The Morgan fingerprint density at radius 1 is 1.21 bits per heavy atom. The molecule has 1 aromatic rings. The van der Waals surface area contributed by atoms with Gasteiger partial charge in [-0.2, -0.15) is 12.8 Å². The number of benzene rings is 1. The summed E-state index contributed by atoms with van der Waals surface area (Å²) in [6.45, 7) is 2.59. The van der Waals surface area contributed by atoms with Crippen LogP contribution in [0, 0.1) is 6.42 Å². The third kappa shape index (κ3) is 7.55. The van der Waals surface area contributed by atoms with Gasteiger partial charge in [-0.3, -0.25) is 9.69 Å². The number of nitrogens with one attached hydrogen (secondary N) is 2. The summed E-state index contributed by atoms with van der Waals surface area (Å²) in [6, 6.07) is 9.14. The molecule has 0 bridgehead atoms. The van der Waals surface area contributed by atoms with Crippen LogP contribution < -0.4 is 10.6 Å². The number of carbonyl (C=O) groups excluding carboxylic acids is 2.